The van der Waals surface area contributed by atoms with E-state index < -0.39 is 5.41 Å². The van der Waals surface area contributed by atoms with E-state index in [9.17, 15) is 14.0 Å². The van der Waals surface area contributed by atoms with Gasteiger partial charge in [0.15, 0.2) is 0 Å². The summed E-state index contributed by atoms with van der Waals surface area (Å²) >= 11 is 0. The summed E-state index contributed by atoms with van der Waals surface area (Å²) in [5.74, 6) is -0.699. The molecule has 7 heteroatoms. The lowest BCUT2D eigenvalue weighted by atomic mass is 9.74. The quantitative estimate of drug-likeness (QED) is 0.634. The predicted molar refractivity (Wildman–Crippen MR) is 118 cm³/mol. The van der Waals surface area contributed by atoms with Gasteiger partial charge >= 0.3 is 5.97 Å². The van der Waals surface area contributed by atoms with Crippen LogP contribution in [0.3, 0.4) is 0 Å². The Morgan fingerprint density at radius 2 is 1.94 bits per heavy atom. The Balaban J connectivity index is 1.50. The molecule has 168 valence electrons. The summed E-state index contributed by atoms with van der Waals surface area (Å²) in [7, 11) is 0. The van der Waals surface area contributed by atoms with E-state index >= 15 is 0 Å². The molecule has 0 bridgehead atoms. The van der Waals surface area contributed by atoms with Crippen LogP contribution < -0.4 is 0 Å². The van der Waals surface area contributed by atoms with Crippen molar-refractivity contribution in [2.24, 2.45) is 10.6 Å². The maximum absolute atomic E-state index is 13.2. The summed E-state index contributed by atoms with van der Waals surface area (Å²) in [6, 6.07) is 15.2. The first-order valence-corrected chi connectivity index (χ1v) is 11.0. The van der Waals surface area contributed by atoms with Crippen LogP contribution in [0.25, 0.3) is 0 Å². The van der Waals surface area contributed by atoms with Gasteiger partial charge in [-0.3, -0.25) is 9.59 Å². The lowest BCUT2D eigenvalue weighted by Gasteiger charge is -2.41. The van der Waals surface area contributed by atoms with Gasteiger partial charge in [-0.25, -0.2) is 4.39 Å². The van der Waals surface area contributed by atoms with Crippen LogP contribution in [0.4, 0.5) is 4.39 Å². The Labute approximate surface area is 187 Å². The number of benzene rings is 2. The van der Waals surface area contributed by atoms with Crippen molar-refractivity contribution < 1.29 is 23.6 Å². The number of halogens is 1. The monoisotopic (exact) mass is 438 g/mol. The van der Waals surface area contributed by atoms with Crippen LogP contribution in [0.2, 0.25) is 0 Å². The summed E-state index contributed by atoms with van der Waals surface area (Å²) in [6.45, 7) is 2.93. The van der Waals surface area contributed by atoms with Gasteiger partial charge < -0.3 is 14.5 Å². The maximum Gasteiger partial charge on any atom is 0.314 e. The van der Waals surface area contributed by atoms with E-state index in [1.54, 1.807) is 36.1 Å². The second-order valence-corrected chi connectivity index (χ2v) is 8.38. The first-order chi connectivity index (χ1) is 15.5. The van der Waals surface area contributed by atoms with Gasteiger partial charge in [-0.15, -0.1) is 0 Å². The summed E-state index contributed by atoms with van der Waals surface area (Å²) < 4.78 is 18.7. The van der Waals surface area contributed by atoms with Gasteiger partial charge in [0, 0.05) is 31.5 Å². The van der Waals surface area contributed by atoms with Crippen molar-refractivity contribution in [3.8, 4) is 0 Å². The van der Waals surface area contributed by atoms with Crippen molar-refractivity contribution in [2.45, 2.75) is 38.7 Å². The van der Waals surface area contributed by atoms with Gasteiger partial charge in [0.05, 0.1) is 17.7 Å². The van der Waals surface area contributed by atoms with Crippen molar-refractivity contribution in [1.29, 1.82) is 0 Å². The molecule has 0 radical (unpaired) electrons. The van der Waals surface area contributed by atoms with E-state index in [-0.39, 0.29) is 36.9 Å². The largest absolute Gasteiger partial charge is 0.466 e. The highest BCUT2D eigenvalue weighted by atomic mass is 19.1. The molecule has 0 unspecified atom stereocenters. The molecule has 1 fully saturated rings. The Hall–Kier alpha value is -3.22. The summed E-state index contributed by atoms with van der Waals surface area (Å²) in [5, 5.41) is 4.18. The number of carbonyl (C=O) groups is 2. The van der Waals surface area contributed by atoms with E-state index in [0.29, 0.717) is 37.8 Å². The van der Waals surface area contributed by atoms with Gasteiger partial charge in [-0.05, 0) is 49.6 Å². The summed E-state index contributed by atoms with van der Waals surface area (Å²) in [4.78, 5) is 33.6. The lowest BCUT2D eigenvalue weighted by molar-refractivity contribution is -0.161. The molecular formula is C25H27FN2O4. The van der Waals surface area contributed by atoms with Crippen molar-refractivity contribution in [2.75, 3.05) is 19.7 Å². The molecule has 2 atom stereocenters. The average Bonchev–Trinajstić information content (AvgIpc) is 3.28. The van der Waals surface area contributed by atoms with Crippen LogP contribution in [0.15, 0.2) is 59.8 Å². The zero-order valence-corrected chi connectivity index (χ0v) is 18.1. The average molecular weight is 438 g/mol. The number of likely N-dealkylation sites (tertiary alicyclic amines) is 1. The number of nitrogens with zero attached hydrogens (tertiary/aromatic N) is 2. The Bertz CT molecular complexity index is 993. The van der Waals surface area contributed by atoms with Gasteiger partial charge in [0.1, 0.15) is 11.9 Å². The van der Waals surface area contributed by atoms with E-state index in [1.165, 1.54) is 12.1 Å². The van der Waals surface area contributed by atoms with Gasteiger partial charge in [0.25, 0.3) is 5.91 Å². The van der Waals surface area contributed by atoms with Crippen molar-refractivity contribution in [3.05, 3.63) is 71.5 Å². The summed E-state index contributed by atoms with van der Waals surface area (Å²) in [5.41, 5.74) is 1.27. The molecule has 0 aromatic heterocycles. The molecule has 6 nitrogen and oxygen atoms in total. The molecule has 1 amide bonds. The van der Waals surface area contributed by atoms with Gasteiger partial charge in [0.2, 0.25) is 0 Å². The Morgan fingerprint density at radius 1 is 1.19 bits per heavy atom. The molecule has 2 heterocycles. The predicted octanol–water partition coefficient (Wildman–Crippen LogP) is 4.19. The van der Waals surface area contributed by atoms with Crippen LogP contribution in [-0.4, -0.2) is 48.3 Å². The van der Waals surface area contributed by atoms with Crippen LogP contribution in [0.5, 0.6) is 0 Å². The van der Waals surface area contributed by atoms with E-state index in [0.717, 1.165) is 11.3 Å². The molecule has 0 saturated carbocycles. The fourth-order valence-corrected chi connectivity index (χ4v) is 4.56. The highest BCUT2D eigenvalue weighted by molar-refractivity contribution is 6.01. The second-order valence-electron chi connectivity index (χ2n) is 8.38. The van der Waals surface area contributed by atoms with E-state index in [4.69, 9.17) is 9.57 Å². The number of ether oxygens (including phenoxy) is 1. The molecule has 32 heavy (non-hydrogen) atoms. The van der Waals surface area contributed by atoms with Crippen LogP contribution in [0, 0.1) is 11.2 Å². The third-order valence-corrected chi connectivity index (χ3v) is 6.12. The zero-order valence-electron chi connectivity index (χ0n) is 18.1. The smallest absolute Gasteiger partial charge is 0.314 e. The maximum atomic E-state index is 13.2. The number of oxime groups is 1. The minimum atomic E-state index is -0.850. The molecule has 2 aromatic rings. The molecule has 2 aliphatic rings. The number of amides is 1. The number of esters is 1. The first kappa shape index (κ1) is 22.0. The van der Waals surface area contributed by atoms with E-state index in [2.05, 4.69) is 5.16 Å². The SMILES string of the molecule is CCOC(=O)[C@@]1(C[C@@H]2CC(c3ccc(F)cc3)=NO2)CCCN(C(=O)c2ccccc2)C1. The minimum absolute atomic E-state index is 0.0884. The third-order valence-electron chi connectivity index (χ3n) is 6.12. The topological polar surface area (TPSA) is 68.2 Å². The van der Waals surface area contributed by atoms with Crippen molar-refractivity contribution in [3.63, 3.8) is 0 Å². The number of carbonyl (C=O) groups excluding carboxylic acids is 2. The van der Waals surface area contributed by atoms with Gasteiger partial charge in [-0.1, -0.05) is 35.5 Å². The van der Waals surface area contributed by atoms with Crippen molar-refractivity contribution in [1.82, 2.24) is 4.90 Å². The number of rotatable bonds is 6. The number of piperidine rings is 1. The van der Waals surface area contributed by atoms with E-state index in [1.807, 2.05) is 18.2 Å². The molecule has 0 spiro atoms. The standard InChI is InChI=1S/C25H27FN2O4/c1-2-31-24(30)25(13-6-14-28(17-25)23(29)19-7-4-3-5-8-19)16-21-15-22(27-32-21)18-9-11-20(26)12-10-18/h3-5,7-12,21H,2,6,13-17H2,1H3/t21-,25+/m0/s1. The third kappa shape index (κ3) is 4.66. The first-order valence-electron chi connectivity index (χ1n) is 11.0. The molecule has 2 aliphatic heterocycles. The second kappa shape index (κ2) is 9.51. The highest BCUT2D eigenvalue weighted by Gasteiger charge is 2.47. The molecule has 4 rings (SSSR count). The molecule has 2 aromatic carbocycles. The van der Waals surface area contributed by atoms with Crippen molar-refractivity contribution >= 4 is 17.6 Å². The zero-order chi connectivity index (χ0) is 22.6. The Kier molecular flexibility index (Phi) is 6.53. The normalized spacial score (nSPS) is 22.8. The van der Waals surface area contributed by atoms with Crippen LogP contribution in [-0.2, 0) is 14.4 Å². The van der Waals surface area contributed by atoms with Gasteiger partial charge in [-0.2, -0.15) is 0 Å². The molecule has 0 aliphatic carbocycles. The molecule has 1 saturated heterocycles. The molecular weight excluding hydrogens is 411 g/mol. The van der Waals surface area contributed by atoms with Crippen LogP contribution in [0.1, 0.15) is 48.5 Å². The fraction of sp³-hybridized carbons (Fsp3) is 0.400. The number of hydrogen-bond donors (Lipinski definition) is 0. The fourth-order valence-electron chi connectivity index (χ4n) is 4.56. The lowest BCUT2D eigenvalue weighted by Crippen LogP contribution is -2.51. The minimum Gasteiger partial charge on any atom is -0.466 e. The summed E-state index contributed by atoms with van der Waals surface area (Å²) in [6.07, 6.45) is 1.93. The van der Waals surface area contributed by atoms with Crippen LogP contribution >= 0.6 is 0 Å². The highest BCUT2D eigenvalue weighted by Crippen LogP contribution is 2.39. The Morgan fingerprint density at radius 3 is 2.66 bits per heavy atom. The number of hydrogen-bond acceptors (Lipinski definition) is 5. The molecule has 0 N–H and O–H groups in total.